The number of aromatic nitrogens is 3. The van der Waals surface area contributed by atoms with E-state index in [-0.39, 0.29) is 19.8 Å². The fourth-order valence-corrected chi connectivity index (χ4v) is 1.59. The molecule has 0 aliphatic rings. The highest BCUT2D eigenvalue weighted by Crippen LogP contribution is 2.13. The summed E-state index contributed by atoms with van der Waals surface area (Å²) in [5, 5.41) is 26.9. The summed E-state index contributed by atoms with van der Waals surface area (Å²) in [6.07, 6.45) is 1.13. The average Bonchev–Trinajstić information content (AvgIpc) is 2.45. The van der Waals surface area contributed by atoms with E-state index in [0.717, 1.165) is 0 Å². The molecule has 0 bridgehead atoms. The first-order valence-corrected chi connectivity index (χ1v) is 6.62. The predicted octanol–water partition coefficient (Wildman–Crippen LogP) is -1.35. The van der Waals surface area contributed by atoms with Crippen LogP contribution in [0.2, 0.25) is 0 Å². The van der Waals surface area contributed by atoms with Gasteiger partial charge in [0.15, 0.2) is 0 Å². The summed E-state index contributed by atoms with van der Waals surface area (Å²) in [5.74, 6) is 1.54. The molecule has 8 nitrogen and oxygen atoms in total. The van der Waals surface area contributed by atoms with Crippen molar-refractivity contribution in [1.29, 1.82) is 0 Å². The van der Waals surface area contributed by atoms with Gasteiger partial charge in [-0.2, -0.15) is 15.0 Å². The van der Waals surface area contributed by atoms with Crippen molar-refractivity contribution in [3.8, 4) is 0 Å². The fraction of sp³-hybridized carbons (Fsp3) is 0.750. The van der Waals surface area contributed by atoms with Crippen LogP contribution in [-0.2, 0) is 6.42 Å². The highest BCUT2D eigenvalue weighted by atomic mass is 16.3. The predicted molar refractivity (Wildman–Crippen MR) is 75.9 cm³/mol. The first-order chi connectivity index (χ1) is 9.62. The van der Waals surface area contributed by atoms with Crippen LogP contribution in [0.3, 0.4) is 0 Å². The molecule has 1 rings (SSSR count). The van der Waals surface area contributed by atoms with Crippen LogP contribution in [0.1, 0.15) is 12.2 Å². The normalized spacial score (nSPS) is 10.7. The largest absolute Gasteiger partial charge is 0.396 e. The fourth-order valence-electron chi connectivity index (χ4n) is 1.59. The molecular weight excluding hydrogens is 262 g/mol. The first kappa shape index (κ1) is 16.5. The zero-order valence-corrected chi connectivity index (χ0v) is 12.0. The number of nitrogens with zero attached hydrogens (tertiary/aromatic N) is 5. The number of hydrogen-bond donors (Lipinski definition) is 3. The molecule has 0 radical (unpaired) electrons. The molecule has 0 spiro atoms. The van der Waals surface area contributed by atoms with Gasteiger partial charge in [0.05, 0.1) is 13.2 Å². The maximum atomic E-state index is 8.98. The highest BCUT2D eigenvalue weighted by Gasteiger charge is 2.12. The number of aliphatic hydroxyl groups excluding tert-OH is 3. The third-order valence-electron chi connectivity index (χ3n) is 2.77. The van der Waals surface area contributed by atoms with Gasteiger partial charge in [-0.05, 0) is 6.42 Å². The second-order valence-corrected chi connectivity index (χ2v) is 4.47. The Hall–Kier alpha value is -1.51. The van der Waals surface area contributed by atoms with Gasteiger partial charge in [0.25, 0.3) is 0 Å². The van der Waals surface area contributed by atoms with Crippen molar-refractivity contribution in [2.75, 3.05) is 56.8 Å². The van der Waals surface area contributed by atoms with Crippen LogP contribution in [0.4, 0.5) is 11.9 Å². The number of hydrogen-bond acceptors (Lipinski definition) is 8. The third kappa shape index (κ3) is 4.87. The Morgan fingerprint density at radius 2 is 1.30 bits per heavy atom. The molecule has 0 aromatic carbocycles. The lowest BCUT2D eigenvalue weighted by Crippen LogP contribution is -2.28. The zero-order chi connectivity index (χ0) is 15.0. The number of anilines is 2. The van der Waals surface area contributed by atoms with E-state index in [1.807, 2.05) is 0 Å². The van der Waals surface area contributed by atoms with Crippen molar-refractivity contribution in [2.24, 2.45) is 0 Å². The molecule has 0 aliphatic heterocycles. The molecular formula is C12H23N5O3. The quantitative estimate of drug-likeness (QED) is 0.511. The summed E-state index contributed by atoms with van der Waals surface area (Å²) < 4.78 is 0. The molecule has 0 saturated heterocycles. The van der Waals surface area contributed by atoms with Crippen molar-refractivity contribution in [3.05, 3.63) is 5.82 Å². The topological polar surface area (TPSA) is 106 Å². The molecule has 1 heterocycles. The molecule has 0 saturated carbocycles. The smallest absolute Gasteiger partial charge is 0.230 e. The minimum Gasteiger partial charge on any atom is -0.396 e. The van der Waals surface area contributed by atoms with E-state index in [0.29, 0.717) is 43.7 Å². The maximum absolute atomic E-state index is 8.98. The molecule has 1 aromatic heterocycles. The molecule has 3 N–H and O–H groups in total. The first-order valence-electron chi connectivity index (χ1n) is 6.62. The molecule has 114 valence electrons. The Labute approximate surface area is 118 Å². The Balaban J connectivity index is 3.00. The van der Waals surface area contributed by atoms with Gasteiger partial charge in [-0.15, -0.1) is 0 Å². The average molecular weight is 285 g/mol. The van der Waals surface area contributed by atoms with Crippen LogP contribution in [0.5, 0.6) is 0 Å². The minimum atomic E-state index is 0.00989. The third-order valence-corrected chi connectivity index (χ3v) is 2.77. The Morgan fingerprint density at radius 3 is 1.70 bits per heavy atom. The molecule has 0 fully saturated rings. The molecule has 0 atom stereocenters. The van der Waals surface area contributed by atoms with Gasteiger partial charge in [0, 0.05) is 40.2 Å². The van der Waals surface area contributed by atoms with E-state index in [2.05, 4.69) is 15.0 Å². The summed E-state index contributed by atoms with van der Waals surface area (Å²) in [6, 6.07) is 0. The van der Waals surface area contributed by atoms with Crippen LogP contribution >= 0.6 is 0 Å². The summed E-state index contributed by atoms with van der Waals surface area (Å²) in [5.41, 5.74) is 0. The van der Waals surface area contributed by atoms with Gasteiger partial charge in [-0.3, -0.25) is 0 Å². The van der Waals surface area contributed by atoms with Crippen molar-refractivity contribution in [3.63, 3.8) is 0 Å². The SMILES string of the molecule is CN(CCO)c1nc(CCCO)nc(N(C)CCO)n1. The van der Waals surface area contributed by atoms with E-state index in [9.17, 15) is 0 Å². The zero-order valence-electron chi connectivity index (χ0n) is 12.0. The lowest BCUT2D eigenvalue weighted by molar-refractivity contribution is 0.287. The standard InChI is InChI=1S/C12H23N5O3/c1-16(5-8-19)11-13-10(4-3-7-18)14-12(15-11)17(2)6-9-20/h18-20H,3-9H2,1-2H3. The van der Waals surface area contributed by atoms with E-state index in [4.69, 9.17) is 15.3 Å². The van der Waals surface area contributed by atoms with Crippen molar-refractivity contribution in [1.82, 2.24) is 15.0 Å². The summed E-state index contributed by atoms with van der Waals surface area (Å²) in [7, 11) is 3.58. The van der Waals surface area contributed by atoms with Gasteiger partial charge < -0.3 is 25.1 Å². The minimum absolute atomic E-state index is 0.00989. The molecule has 0 aliphatic carbocycles. The van der Waals surface area contributed by atoms with Crippen LogP contribution < -0.4 is 9.80 Å². The van der Waals surface area contributed by atoms with Crippen LogP contribution in [0.25, 0.3) is 0 Å². The monoisotopic (exact) mass is 285 g/mol. The maximum Gasteiger partial charge on any atom is 0.230 e. The number of aryl methyl sites for hydroxylation is 1. The van der Waals surface area contributed by atoms with Crippen molar-refractivity contribution in [2.45, 2.75) is 12.8 Å². The Morgan fingerprint density at radius 1 is 0.800 bits per heavy atom. The lowest BCUT2D eigenvalue weighted by atomic mass is 10.3. The molecule has 0 unspecified atom stereocenters. The molecule has 20 heavy (non-hydrogen) atoms. The lowest BCUT2D eigenvalue weighted by Gasteiger charge is -2.20. The van der Waals surface area contributed by atoms with E-state index in [1.165, 1.54) is 0 Å². The van der Waals surface area contributed by atoms with E-state index >= 15 is 0 Å². The summed E-state index contributed by atoms with van der Waals surface area (Å²) in [6.45, 7) is 0.945. The van der Waals surface area contributed by atoms with E-state index in [1.54, 1.807) is 23.9 Å². The Bertz CT molecular complexity index is 374. The molecule has 8 heteroatoms. The van der Waals surface area contributed by atoms with Gasteiger partial charge >= 0.3 is 0 Å². The number of likely N-dealkylation sites (N-methyl/N-ethyl adjacent to an activating group) is 2. The van der Waals surface area contributed by atoms with Gasteiger partial charge in [0.1, 0.15) is 5.82 Å². The van der Waals surface area contributed by atoms with Crippen molar-refractivity contribution < 1.29 is 15.3 Å². The summed E-state index contributed by atoms with van der Waals surface area (Å²) in [4.78, 5) is 16.4. The van der Waals surface area contributed by atoms with E-state index < -0.39 is 0 Å². The number of aliphatic hydroxyl groups is 3. The second kappa shape index (κ2) is 8.62. The second-order valence-electron chi connectivity index (χ2n) is 4.47. The number of rotatable bonds is 9. The Kier molecular flexibility index (Phi) is 7.13. The van der Waals surface area contributed by atoms with Gasteiger partial charge in [0.2, 0.25) is 11.9 Å². The van der Waals surface area contributed by atoms with Crippen LogP contribution in [0.15, 0.2) is 0 Å². The summed E-state index contributed by atoms with van der Waals surface area (Å²) >= 11 is 0. The molecule has 1 aromatic rings. The molecule has 0 amide bonds. The van der Waals surface area contributed by atoms with Crippen LogP contribution in [-0.4, -0.2) is 77.3 Å². The van der Waals surface area contributed by atoms with Crippen molar-refractivity contribution >= 4 is 11.9 Å². The van der Waals surface area contributed by atoms with Crippen LogP contribution in [0, 0.1) is 0 Å². The van der Waals surface area contributed by atoms with Gasteiger partial charge in [-0.1, -0.05) is 0 Å². The van der Waals surface area contributed by atoms with Gasteiger partial charge in [-0.25, -0.2) is 0 Å². The highest BCUT2D eigenvalue weighted by molar-refractivity contribution is 5.38.